The molecule has 1 heterocycles. The van der Waals surface area contributed by atoms with E-state index in [9.17, 15) is 10.1 Å². The fourth-order valence-corrected chi connectivity index (χ4v) is 2.14. The SMILES string of the molecule is Nc1ccsc1CNc1cccc([N+](=O)[O-])c1. The number of anilines is 2. The summed E-state index contributed by atoms with van der Waals surface area (Å²) < 4.78 is 0. The van der Waals surface area contributed by atoms with Crippen LogP contribution in [-0.4, -0.2) is 4.92 Å². The van der Waals surface area contributed by atoms with Crippen LogP contribution in [0.5, 0.6) is 0 Å². The molecule has 1 aromatic carbocycles. The summed E-state index contributed by atoms with van der Waals surface area (Å²) in [5.41, 5.74) is 7.28. The lowest BCUT2D eigenvalue weighted by atomic mass is 10.3. The lowest BCUT2D eigenvalue weighted by Gasteiger charge is -2.05. The second kappa shape index (κ2) is 4.84. The number of nitrogens with one attached hydrogen (secondary N) is 1. The molecule has 2 rings (SSSR count). The monoisotopic (exact) mass is 249 g/mol. The van der Waals surface area contributed by atoms with Crippen LogP contribution < -0.4 is 11.1 Å². The Bertz CT molecular complexity index is 539. The minimum Gasteiger partial charge on any atom is -0.398 e. The molecule has 0 fully saturated rings. The van der Waals surface area contributed by atoms with Crippen LogP contribution >= 0.6 is 11.3 Å². The van der Waals surface area contributed by atoms with E-state index in [0.29, 0.717) is 12.2 Å². The van der Waals surface area contributed by atoms with Gasteiger partial charge in [0.25, 0.3) is 5.69 Å². The molecule has 0 aliphatic heterocycles. The summed E-state index contributed by atoms with van der Waals surface area (Å²) in [6.07, 6.45) is 0. The Morgan fingerprint density at radius 3 is 2.88 bits per heavy atom. The van der Waals surface area contributed by atoms with Gasteiger partial charge in [0.2, 0.25) is 0 Å². The summed E-state index contributed by atoms with van der Waals surface area (Å²) in [6, 6.07) is 8.25. The van der Waals surface area contributed by atoms with Gasteiger partial charge in [0.05, 0.1) is 11.5 Å². The van der Waals surface area contributed by atoms with E-state index in [1.165, 1.54) is 12.1 Å². The molecule has 88 valence electrons. The number of hydrogen-bond donors (Lipinski definition) is 2. The predicted octanol–water partition coefficient (Wildman–Crippen LogP) is 2.85. The summed E-state index contributed by atoms with van der Waals surface area (Å²) in [7, 11) is 0. The molecule has 0 unspecified atom stereocenters. The van der Waals surface area contributed by atoms with Crippen molar-refractivity contribution in [3.63, 3.8) is 0 Å². The fourth-order valence-electron chi connectivity index (χ4n) is 1.41. The predicted molar refractivity (Wildman–Crippen MR) is 69.2 cm³/mol. The molecule has 6 heteroatoms. The molecular formula is C11H11N3O2S. The van der Waals surface area contributed by atoms with Gasteiger partial charge >= 0.3 is 0 Å². The van der Waals surface area contributed by atoms with Crippen LogP contribution in [0, 0.1) is 10.1 Å². The first kappa shape index (κ1) is 11.4. The summed E-state index contributed by atoms with van der Waals surface area (Å²) in [6.45, 7) is 0.574. The highest BCUT2D eigenvalue weighted by molar-refractivity contribution is 7.10. The third kappa shape index (κ3) is 2.73. The van der Waals surface area contributed by atoms with Crippen LogP contribution in [0.1, 0.15) is 4.88 Å². The van der Waals surface area contributed by atoms with Crippen molar-refractivity contribution < 1.29 is 4.92 Å². The van der Waals surface area contributed by atoms with Crippen molar-refractivity contribution in [1.29, 1.82) is 0 Å². The highest BCUT2D eigenvalue weighted by Gasteiger charge is 2.06. The Hall–Kier alpha value is -2.08. The van der Waals surface area contributed by atoms with Crippen molar-refractivity contribution in [2.24, 2.45) is 0 Å². The van der Waals surface area contributed by atoms with Crippen molar-refractivity contribution in [2.75, 3.05) is 11.1 Å². The van der Waals surface area contributed by atoms with Crippen molar-refractivity contribution in [3.8, 4) is 0 Å². The quantitative estimate of drug-likeness (QED) is 0.644. The van der Waals surface area contributed by atoms with Crippen LogP contribution in [0.25, 0.3) is 0 Å². The van der Waals surface area contributed by atoms with E-state index in [1.54, 1.807) is 23.5 Å². The molecular weight excluding hydrogens is 238 g/mol. The average molecular weight is 249 g/mol. The molecule has 0 saturated heterocycles. The normalized spacial score (nSPS) is 10.1. The smallest absolute Gasteiger partial charge is 0.271 e. The minimum absolute atomic E-state index is 0.0779. The van der Waals surface area contributed by atoms with Crippen molar-refractivity contribution >= 4 is 28.4 Å². The lowest BCUT2D eigenvalue weighted by Crippen LogP contribution is -2.00. The third-order valence-corrected chi connectivity index (χ3v) is 3.23. The fraction of sp³-hybridized carbons (Fsp3) is 0.0909. The highest BCUT2D eigenvalue weighted by Crippen LogP contribution is 2.22. The number of nitrogens with zero attached hydrogens (tertiary/aromatic N) is 1. The molecule has 0 amide bonds. The van der Waals surface area contributed by atoms with Gasteiger partial charge in [0.15, 0.2) is 0 Å². The van der Waals surface area contributed by atoms with E-state index in [-0.39, 0.29) is 5.69 Å². The Morgan fingerprint density at radius 1 is 1.41 bits per heavy atom. The second-order valence-electron chi connectivity index (χ2n) is 3.46. The largest absolute Gasteiger partial charge is 0.398 e. The molecule has 0 bridgehead atoms. The van der Waals surface area contributed by atoms with Crippen LogP contribution in [-0.2, 0) is 6.54 Å². The van der Waals surface area contributed by atoms with Crippen molar-refractivity contribution in [2.45, 2.75) is 6.54 Å². The van der Waals surface area contributed by atoms with E-state index in [1.807, 2.05) is 11.4 Å². The number of benzene rings is 1. The van der Waals surface area contributed by atoms with Crippen LogP contribution in [0.3, 0.4) is 0 Å². The van der Waals surface area contributed by atoms with Gasteiger partial charge in [-0.05, 0) is 17.5 Å². The average Bonchev–Trinajstić information content (AvgIpc) is 2.72. The maximum atomic E-state index is 10.6. The molecule has 0 aliphatic rings. The van der Waals surface area contributed by atoms with Gasteiger partial charge < -0.3 is 11.1 Å². The van der Waals surface area contributed by atoms with E-state index in [4.69, 9.17) is 5.73 Å². The van der Waals surface area contributed by atoms with E-state index in [0.717, 1.165) is 10.6 Å². The summed E-state index contributed by atoms with van der Waals surface area (Å²) in [4.78, 5) is 11.2. The van der Waals surface area contributed by atoms with Gasteiger partial charge in [0.1, 0.15) is 0 Å². The summed E-state index contributed by atoms with van der Waals surface area (Å²) >= 11 is 1.56. The molecule has 1 aromatic heterocycles. The van der Waals surface area contributed by atoms with Gasteiger partial charge in [-0.1, -0.05) is 6.07 Å². The minimum atomic E-state index is -0.412. The van der Waals surface area contributed by atoms with E-state index in [2.05, 4.69) is 5.32 Å². The number of rotatable bonds is 4. The number of hydrogen-bond acceptors (Lipinski definition) is 5. The Labute approximate surface area is 102 Å². The number of nitrogen functional groups attached to an aromatic ring is 1. The summed E-state index contributed by atoms with van der Waals surface area (Å²) in [5.74, 6) is 0. The molecule has 0 radical (unpaired) electrons. The van der Waals surface area contributed by atoms with Gasteiger partial charge in [0, 0.05) is 28.4 Å². The first-order chi connectivity index (χ1) is 8.16. The molecule has 2 aromatic rings. The first-order valence-electron chi connectivity index (χ1n) is 4.97. The molecule has 5 nitrogen and oxygen atoms in total. The molecule has 0 atom stereocenters. The molecule has 17 heavy (non-hydrogen) atoms. The number of thiophene rings is 1. The maximum Gasteiger partial charge on any atom is 0.271 e. The van der Waals surface area contributed by atoms with Crippen LogP contribution in [0.4, 0.5) is 17.1 Å². The van der Waals surface area contributed by atoms with Gasteiger partial charge in [-0.2, -0.15) is 0 Å². The van der Waals surface area contributed by atoms with Crippen LogP contribution in [0.15, 0.2) is 35.7 Å². The molecule has 0 saturated carbocycles. The van der Waals surface area contributed by atoms with Gasteiger partial charge in [-0.25, -0.2) is 0 Å². The Balaban J connectivity index is 2.07. The Kier molecular flexibility index (Phi) is 3.24. The highest BCUT2D eigenvalue weighted by atomic mass is 32.1. The zero-order valence-corrected chi connectivity index (χ0v) is 9.74. The third-order valence-electron chi connectivity index (χ3n) is 2.29. The van der Waals surface area contributed by atoms with Crippen molar-refractivity contribution in [1.82, 2.24) is 0 Å². The molecule has 0 aliphatic carbocycles. The number of nitro benzene ring substituents is 1. The summed E-state index contributed by atoms with van der Waals surface area (Å²) in [5, 5.41) is 15.6. The first-order valence-corrected chi connectivity index (χ1v) is 5.85. The lowest BCUT2D eigenvalue weighted by molar-refractivity contribution is -0.384. The van der Waals surface area contributed by atoms with Crippen molar-refractivity contribution in [3.05, 3.63) is 50.7 Å². The topological polar surface area (TPSA) is 81.2 Å². The zero-order chi connectivity index (χ0) is 12.3. The zero-order valence-electron chi connectivity index (χ0n) is 8.92. The standard InChI is InChI=1S/C11H11N3O2S/c12-10-4-5-17-11(10)7-13-8-2-1-3-9(6-8)14(15)16/h1-6,13H,7,12H2. The number of nitrogens with two attached hydrogens (primary N) is 1. The van der Waals surface area contributed by atoms with Crippen LogP contribution in [0.2, 0.25) is 0 Å². The molecule has 3 N–H and O–H groups in total. The van der Waals surface area contributed by atoms with E-state index < -0.39 is 4.92 Å². The number of non-ortho nitro benzene ring substituents is 1. The van der Waals surface area contributed by atoms with Gasteiger partial charge in [-0.15, -0.1) is 11.3 Å². The second-order valence-corrected chi connectivity index (χ2v) is 4.46. The Morgan fingerprint density at radius 2 is 2.24 bits per heavy atom. The maximum absolute atomic E-state index is 10.6. The van der Waals surface area contributed by atoms with E-state index >= 15 is 0 Å². The van der Waals surface area contributed by atoms with Gasteiger partial charge in [-0.3, -0.25) is 10.1 Å². The number of nitro groups is 1. The molecule has 0 spiro atoms.